The molecule has 1 fully saturated rings. The van der Waals surface area contributed by atoms with Crippen LogP contribution < -0.4 is 5.46 Å². The van der Waals surface area contributed by atoms with Gasteiger partial charge < -0.3 is 9.31 Å². The minimum Gasteiger partial charge on any atom is -0.399 e. The molecule has 0 saturated carbocycles. The van der Waals surface area contributed by atoms with Crippen molar-refractivity contribution in [2.75, 3.05) is 0 Å². The van der Waals surface area contributed by atoms with Crippen LogP contribution in [0.2, 0.25) is 0 Å². The third-order valence-electron chi connectivity index (χ3n) is 6.54. The Bertz CT molecular complexity index is 1170. The van der Waals surface area contributed by atoms with Crippen LogP contribution in [0.25, 0.3) is 23.1 Å². The Morgan fingerprint density at radius 2 is 1.53 bits per heavy atom. The van der Waals surface area contributed by atoms with Gasteiger partial charge in [-0.3, -0.25) is 9.36 Å². The highest BCUT2D eigenvalue weighted by Gasteiger charge is 2.52. The Balaban J connectivity index is 1.87. The van der Waals surface area contributed by atoms with E-state index in [1.807, 2.05) is 85.0 Å². The van der Waals surface area contributed by atoms with Crippen LogP contribution in [-0.2, 0) is 9.31 Å². The normalized spacial score (nSPS) is 18.0. The van der Waals surface area contributed by atoms with E-state index in [4.69, 9.17) is 9.31 Å². The summed E-state index contributed by atoms with van der Waals surface area (Å²) in [6.07, 6.45) is 6.05. The summed E-state index contributed by atoms with van der Waals surface area (Å²) in [5.41, 5.74) is 2.46. The third-order valence-corrected chi connectivity index (χ3v) is 6.54. The van der Waals surface area contributed by atoms with Crippen LogP contribution in [0.4, 0.5) is 0 Å². The Morgan fingerprint density at radius 3 is 2.12 bits per heavy atom. The molecule has 0 aliphatic carbocycles. The van der Waals surface area contributed by atoms with E-state index in [0.717, 1.165) is 27.5 Å². The summed E-state index contributed by atoms with van der Waals surface area (Å²) in [4.78, 5) is 13.3. The van der Waals surface area contributed by atoms with Crippen molar-refractivity contribution in [2.45, 2.75) is 59.7 Å². The van der Waals surface area contributed by atoms with Crippen molar-refractivity contribution in [1.29, 1.82) is 0 Å². The van der Waals surface area contributed by atoms with Gasteiger partial charge in [0.1, 0.15) is 0 Å². The van der Waals surface area contributed by atoms with Crippen molar-refractivity contribution in [2.24, 2.45) is 5.41 Å². The zero-order valence-electron chi connectivity index (χ0n) is 20.1. The lowest BCUT2D eigenvalue weighted by Crippen LogP contribution is -2.41. The lowest BCUT2D eigenvalue weighted by atomic mass is 9.77. The minimum absolute atomic E-state index is 0.0365. The fourth-order valence-corrected chi connectivity index (χ4v) is 3.89. The molecule has 0 N–H and O–H groups in total. The first-order chi connectivity index (χ1) is 14.9. The molecule has 0 unspecified atom stereocenters. The van der Waals surface area contributed by atoms with Gasteiger partial charge in [-0.25, -0.2) is 0 Å². The molecule has 0 radical (unpaired) electrons. The zero-order chi connectivity index (χ0) is 23.3. The standard InChI is InChI=1S/C27H32BNO3/c1-25(2,3)24(30)29-18-17-21-20(14-13-19-11-9-8-10-12-19)15-16-22(23(21)29)28-31-26(4,5)27(6,7)32-28/h8-18H,1-7H3/b14-13+. The lowest BCUT2D eigenvalue weighted by Gasteiger charge is -2.32. The predicted molar refractivity (Wildman–Crippen MR) is 133 cm³/mol. The molecule has 1 aliphatic heterocycles. The Kier molecular flexibility index (Phi) is 5.47. The van der Waals surface area contributed by atoms with Gasteiger partial charge in [-0.2, -0.15) is 0 Å². The van der Waals surface area contributed by atoms with Crippen molar-refractivity contribution in [3.63, 3.8) is 0 Å². The summed E-state index contributed by atoms with van der Waals surface area (Å²) < 4.78 is 14.5. The van der Waals surface area contributed by atoms with Gasteiger partial charge in [0.15, 0.2) is 0 Å². The minimum atomic E-state index is -0.545. The molecule has 166 valence electrons. The third kappa shape index (κ3) is 3.96. The number of fused-ring (bicyclic) bond motifs is 1. The largest absolute Gasteiger partial charge is 0.497 e. The van der Waals surface area contributed by atoms with E-state index in [0.29, 0.717) is 0 Å². The predicted octanol–water partition coefficient (Wildman–Crippen LogP) is 5.80. The van der Waals surface area contributed by atoms with E-state index in [1.165, 1.54) is 0 Å². The van der Waals surface area contributed by atoms with Crippen LogP contribution in [0.5, 0.6) is 0 Å². The molecule has 4 nitrogen and oxygen atoms in total. The van der Waals surface area contributed by atoms with Crippen molar-refractivity contribution in [3.05, 3.63) is 65.9 Å². The molecule has 3 aromatic rings. The summed E-state index contributed by atoms with van der Waals surface area (Å²) in [6.45, 7) is 14.0. The van der Waals surface area contributed by atoms with Gasteiger partial charge in [0.05, 0.1) is 16.7 Å². The average Bonchev–Trinajstić information content (AvgIpc) is 3.24. The molecule has 1 saturated heterocycles. The van der Waals surface area contributed by atoms with E-state index in [9.17, 15) is 4.79 Å². The van der Waals surface area contributed by atoms with Gasteiger partial charge in [0, 0.05) is 22.5 Å². The molecule has 1 aromatic heterocycles. The van der Waals surface area contributed by atoms with Crippen LogP contribution in [0.1, 0.15) is 64.4 Å². The molecule has 0 spiro atoms. The lowest BCUT2D eigenvalue weighted by molar-refractivity contribution is 0.00578. The van der Waals surface area contributed by atoms with Gasteiger partial charge in [0.25, 0.3) is 0 Å². The first-order valence-electron chi connectivity index (χ1n) is 11.2. The fourth-order valence-electron chi connectivity index (χ4n) is 3.89. The van der Waals surface area contributed by atoms with Gasteiger partial charge in [0.2, 0.25) is 5.91 Å². The van der Waals surface area contributed by atoms with E-state index in [-0.39, 0.29) is 5.91 Å². The maximum Gasteiger partial charge on any atom is 0.497 e. The number of benzene rings is 2. The molecule has 2 aromatic carbocycles. The second-order valence-electron chi connectivity index (χ2n) is 10.6. The fraction of sp³-hybridized carbons (Fsp3) is 0.370. The Labute approximate surface area is 191 Å². The van der Waals surface area contributed by atoms with Crippen molar-refractivity contribution >= 4 is 41.5 Å². The van der Waals surface area contributed by atoms with E-state index in [1.54, 1.807) is 4.57 Å². The van der Waals surface area contributed by atoms with E-state index >= 15 is 0 Å². The van der Waals surface area contributed by atoms with E-state index in [2.05, 4.69) is 30.4 Å². The highest BCUT2D eigenvalue weighted by atomic mass is 16.7. The number of nitrogens with zero attached hydrogens (tertiary/aromatic N) is 1. The SMILES string of the molecule is CC(C)(C)C(=O)n1ccc2c(/C=C/c3ccccc3)ccc(B3OC(C)(C)C(C)(C)O3)c21. The highest BCUT2D eigenvalue weighted by molar-refractivity contribution is 6.65. The molecular weight excluding hydrogens is 397 g/mol. The first kappa shape index (κ1) is 22.6. The highest BCUT2D eigenvalue weighted by Crippen LogP contribution is 2.37. The maximum atomic E-state index is 13.3. The Morgan fingerprint density at radius 1 is 0.906 bits per heavy atom. The van der Waals surface area contributed by atoms with Crippen LogP contribution in [-0.4, -0.2) is 28.8 Å². The molecule has 32 heavy (non-hydrogen) atoms. The van der Waals surface area contributed by atoms with Crippen molar-refractivity contribution in [1.82, 2.24) is 4.57 Å². The van der Waals surface area contributed by atoms with Gasteiger partial charge in [-0.05, 0) is 44.9 Å². The smallest absolute Gasteiger partial charge is 0.399 e. The van der Waals surface area contributed by atoms with E-state index < -0.39 is 23.7 Å². The second kappa shape index (κ2) is 7.75. The topological polar surface area (TPSA) is 40.5 Å². The number of hydrogen-bond donors (Lipinski definition) is 0. The number of hydrogen-bond acceptors (Lipinski definition) is 3. The number of rotatable bonds is 3. The summed E-state index contributed by atoms with van der Waals surface area (Å²) in [5.74, 6) is 0.0365. The molecular formula is C27H32BNO3. The summed E-state index contributed by atoms with van der Waals surface area (Å²) in [6, 6.07) is 16.3. The van der Waals surface area contributed by atoms with Gasteiger partial charge in [-0.1, -0.05) is 75.4 Å². The zero-order valence-corrected chi connectivity index (χ0v) is 20.1. The summed E-state index contributed by atoms with van der Waals surface area (Å²) in [7, 11) is -0.545. The second-order valence-corrected chi connectivity index (χ2v) is 10.6. The molecule has 4 rings (SSSR count). The van der Waals surface area contributed by atoms with Gasteiger partial charge >= 0.3 is 7.12 Å². The van der Waals surface area contributed by atoms with Crippen LogP contribution >= 0.6 is 0 Å². The molecule has 0 bridgehead atoms. The summed E-state index contributed by atoms with van der Waals surface area (Å²) in [5, 5.41) is 1.00. The average molecular weight is 429 g/mol. The number of aromatic nitrogens is 1. The molecule has 2 heterocycles. The van der Waals surface area contributed by atoms with Crippen molar-refractivity contribution < 1.29 is 14.1 Å². The maximum absolute atomic E-state index is 13.3. The van der Waals surface area contributed by atoms with Crippen LogP contribution in [0, 0.1) is 5.41 Å². The molecule has 0 amide bonds. The molecule has 0 atom stereocenters. The quantitative estimate of drug-likeness (QED) is 0.391. The Hall–Kier alpha value is -2.63. The van der Waals surface area contributed by atoms with Crippen LogP contribution in [0.3, 0.4) is 0 Å². The van der Waals surface area contributed by atoms with Gasteiger partial charge in [-0.15, -0.1) is 0 Å². The summed E-state index contributed by atoms with van der Waals surface area (Å²) >= 11 is 0. The molecule has 1 aliphatic rings. The molecule has 5 heteroatoms. The number of carbonyl (C=O) groups is 1. The van der Waals surface area contributed by atoms with Crippen LogP contribution in [0.15, 0.2) is 54.7 Å². The first-order valence-corrected chi connectivity index (χ1v) is 11.2. The monoisotopic (exact) mass is 429 g/mol. The van der Waals surface area contributed by atoms with Crippen molar-refractivity contribution in [3.8, 4) is 0 Å². The number of carbonyl (C=O) groups excluding carboxylic acids is 1.